The average molecular weight is 192 g/mol. The van der Waals surface area contributed by atoms with Crippen LogP contribution in [0.3, 0.4) is 0 Å². The molecule has 1 N–H and O–H groups in total. The van der Waals surface area contributed by atoms with E-state index in [-0.39, 0.29) is 0 Å². The van der Waals surface area contributed by atoms with Crippen LogP contribution in [-0.4, -0.2) is 25.5 Å². The zero-order valence-corrected chi connectivity index (χ0v) is 8.14. The van der Waals surface area contributed by atoms with Gasteiger partial charge in [0.1, 0.15) is 6.29 Å². The molecule has 0 bridgehead atoms. The fourth-order valence-corrected chi connectivity index (χ4v) is 0.906. The molecule has 3 nitrogen and oxygen atoms in total. The lowest BCUT2D eigenvalue weighted by Gasteiger charge is -2.07. The molecular formula is C10H13BO3. The molecule has 0 fully saturated rings. The van der Waals surface area contributed by atoms with Gasteiger partial charge in [0.05, 0.1) is 0 Å². The second-order valence-corrected chi connectivity index (χ2v) is 2.42. The highest BCUT2D eigenvalue weighted by atomic mass is 16.5. The Morgan fingerprint density at radius 2 is 1.93 bits per heavy atom. The van der Waals surface area contributed by atoms with Crippen molar-refractivity contribution in [1.29, 1.82) is 0 Å². The smallest absolute Gasteiger partial charge is 0.423 e. The summed E-state index contributed by atoms with van der Waals surface area (Å²) in [5.74, 6) is 0. The Labute approximate surface area is 84.2 Å². The van der Waals surface area contributed by atoms with Gasteiger partial charge in [-0.2, -0.15) is 0 Å². The first kappa shape index (κ1) is 12.6. The van der Waals surface area contributed by atoms with Crippen molar-refractivity contribution < 1.29 is 14.5 Å². The van der Waals surface area contributed by atoms with Crippen LogP contribution < -0.4 is 0 Å². The van der Waals surface area contributed by atoms with Gasteiger partial charge in [-0.05, 0) is 5.47 Å². The third-order valence-electron chi connectivity index (χ3n) is 1.54. The summed E-state index contributed by atoms with van der Waals surface area (Å²) in [5.41, 5.74) is 0.673. The molecule has 0 amide bonds. The molecular weight excluding hydrogens is 179 g/mol. The Balaban J connectivity index is 5.07. The van der Waals surface area contributed by atoms with Gasteiger partial charge in [-0.15, -0.1) is 0 Å². The van der Waals surface area contributed by atoms with Crippen molar-refractivity contribution in [3.8, 4) is 0 Å². The lowest BCUT2D eigenvalue weighted by molar-refractivity contribution is -0.104. The van der Waals surface area contributed by atoms with Gasteiger partial charge in [0.15, 0.2) is 0 Å². The maximum absolute atomic E-state index is 10.7. The molecule has 0 aromatic carbocycles. The molecule has 0 aromatic heterocycles. The van der Waals surface area contributed by atoms with Crippen molar-refractivity contribution in [2.75, 3.05) is 7.11 Å². The third kappa shape index (κ3) is 3.55. The Hall–Kier alpha value is -1.39. The van der Waals surface area contributed by atoms with E-state index >= 15 is 0 Å². The summed E-state index contributed by atoms with van der Waals surface area (Å²) in [6.07, 6.45) is 6.56. The van der Waals surface area contributed by atoms with Gasteiger partial charge in [-0.3, -0.25) is 4.79 Å². The van der Waals surface area contributed by atoms with Gasteiger partial charge >= 0.3 is 7.12 Å². The van der Waals surface area contributed by atoms with Crippen molar-refractivity contribution in [3.05, 3.63) is 48.5 Å². The van der Waals surface area contributed by atoms with Gasteiger partial charge in [0, 0.05) is 12.7 Å². The first-order valence-electron chi connectivity index (χ1n) is 4.03. The Bertz CT molecular complexity index is 279. The summed E-state index contributed by atoms with van der Waals surface area (Å²) >= 11 is 0. The standard InChI is InChI=1S/C10H13BO3/c1-4-6-9(8-12)10(7-5-2)11(13)14-3/h4-8,13H,1-2H2,3H3/b9-6-,10-7+. The minimum Gasteiger partial charge on any atom is -0.423 e. The van der Waals surface area contributed by atoms with Gasteiger partial charge in [-0.1, -0.05) is 37.5 Å². The minimum atomic E-state index is -1.13. The maximum Gasteiger partial charge on any atom is 0.491 e. The van der Waals surface area contributed by atoms with Crippen molar-refractivity contribution in [3.63, 3.8) is 0 Å². The molecule has 0 heterocycles. The summed E-state index contributed by atoms with van der Waals surface area (Å²) in [6.45, 7) is 6.95. The minimum absolute atomic E-state index is 0.314. The lowest BCUT2D eigenvalue weighted by atomic mass is 9.74. The highest BCUT2D eigenvalue weighted by Crippen LogP contribution is 2.11. The normalized spacial score (nSPS) is 12.1. The fraction of sp³-hybridized carbons (Fsp3) is 0.100. The molecule has 0 saturated heterocycles. The number of carbonyl (C=O) groups excluding carboxylic acids is 1. The van der Waals surface area contributed by atoms with E-state index in [0.29, 0.717) is 17.3 Å². The quantitative estimate of drug-likeness (QED) is 0.296. The molecule has 0 aliphatic heterocycles. The predicted octanol–water partition coefficient (Wildman–Crippen LogP) is 1.08. The second kappa shape index (κ2) is 7.06. The largest absolute Gasteiger partial charge is 0.491 e. The molecule has 0 aliphatic rings. The summed E-state index contributed by atoms with van der Waals surface area (Å²) in [5, 5.41) is 9.40. The Morgan fingerprint density at radius 1 is 1.36 bits per heavy atom. The van der Waals surface area contributed by atoms with Crippen LogP contribution in [0.1, 0.15) is 0 Å². The number of carbonyl (C=O) groups is 1. The van der Waals surface area contributed by atoms with E-state index in [1.54, 1.807) is 0 Å². The summed E-state index contributed by atoms with van der Waals surface area (Å²) in [4.78, 5) is 10.7. The van der Waals surface area contributed by atoms with E-state index in [2.05, 4.69) is 13.2 Å². The van der Waals surface area contributed by atoms with Crippen molar-refractivity contribution >= 4 is 13.4 Å². The highest BCUT2D eigenvalue weighted by Gasteiger charge is 2.20. The van der Waals surface area contributed by atoms with E-state index in [0.717, 1.165) is 0 Å². The van der Waals surface area contributed by atoms with Crippen molar-refractivity contribution in [2.45, 2.75) is 0 Å². The van der Waals surface area contributed by atoms with Crippen molar-refractivity contribution in [2.24, 2.45) is 0 Å². The van der Waals surface area contributed by atoms with Crippen LogP contribution in [0.15, 0.2) is 48.5 Å². The summed E-state index contributed by atoms with van der Waals surface area (Å²) < 4.78 is 4.70. The summed E-state index contributed by atoms with van der Waals surface area (Å²) in [7, 11) is 0.210. The monoisotopic (exact) mass is 192 g/mol. The first-order valence-corrected chi connectivity index (χ1v) is 4.03. The van der Waals surface area contributed by atoms with E-state index in [9.17, 15) is 9.82 Å². The van der Waals surface area contributed by atoms with Crippen LogP contribution in [0.4, 0.5) is 0 Å². The van der Waals surface area contributed by atoms with Crippen LogP contribution in [0.25, 0.3) is 0 Å². The van der Waals surface area contributed by atoms with Gasteiger partial charge < -0.3 is 9.68 Å². The molecule has 0 unspecified atom stereocenters. The molecule has 0 spiro atoms. The number of allylic oxidation sites excluding steroid dienone is 6. The van der Waals surface area contributed by atoms with Crippen LogP contribution in [-0.2, 0) is 9.45 Å². The Kier molecular flexibility index (Phi) is 6.36. The van der Waals surface area contributed by atoms with Gasteiger partial charge in [0.2, 0.25) is 0 Å². The lowest BCUT2D eigenvalue weighted by Crippen LogP contribution is -2.21. The van der Waals surface area contributed by atoms with E-state index in [1.165, 1.54) is 31.4 Å². The third-order valence-corrected chi connectivity index (χ3v) is 1.54. The highest BCUT2D eigenvalue weighted by molar-refractivity contribution is 6.54. The van der Waals surface area contributed by atoms with E-state index in [1.807, 2.05) is 0 Å². The maximum atomic E-state index is 10.7. The SMILES string of the molecule is C=C/C=C(B(O)OC)\C(C=O)=C/C=C. The van der Waals surface area contributed by atoms with Gasteiger partial charge in [-0.25, -0.2) is 0 Å². The topological polar surface area (TPSA) is 46.5 Å². The molecule has 0 atom stereocenters. The van der Waals surface area contributed by atoms with E-state index < -0.39 is 7.12 Å². The average Bonchev–Trinajstić information content (AvgIpc) is 2.22. The van der Waals surface area contributed by atoms with Crippen LogP contribution >= 0.6 is 0 Å². The molecule has 0 radical (unpaired) electrons. The van der Waals surface area contributed by atoms with Crippen LogP contribution in [0.2, 0.25) is 0 Å². The zero-order chi connectivity index (χ0) is 11.0. The summed E-state index contributed by atoms with van der Waals surface area (Å²) in [6, 6.07) is 0. The molecule has 0 rings (SSSR count). The first-order chi connectivity index (χ1) is 6.71. The van der Waals surface area contributed by atoms with E-state index in [4.69, 9.17) is 4.65 Å². The zero-order valence-electron chi connectivity index (χ0n) is 8.14. The second-order valence-electron chi connectivity index (χ2n) is 2.42. The number of hydrogen-bond acceptors (Lipinski definition) is 3. The van der Waals surface area contributed by atoms with Gasteiger partial charge in [0.25, 0.3) is 0 Å². The molecule has 4 heteroatoms. The molecule has 0 aliphatic carbocycles. The fourth-order valence-electron chi connectivity index (χ4n) is 0.906. The predicted molar refractivity (Wildman–Crippen MR) is 57.6 cm³/mol. The number of rotatable bonds is 6. The molecule has 0 saturated carbocycles. The number of hydrogen-bond donors (Lipinski definition) is 1. The van der Waals surface area contributed by atoms with Crippen molar-refractivity contribution in [1.82, 2.24) is 0 Å². The molecule has 74 valence electrons. The number of aldehydes is 1. The van der Waals surface area contributed by atoms with Crippen LogP contribution in [0.5, 0.6) is 0 Å². The van der Waals surface area contributed by atoms with Crippen LogP contribution in [0, 0.1) is 0 Å². The molecule has 0 aromatic rings. The Morgan fingerprint density at radius 3 is 2.29 bits per heavy atom. The molecule has 14 heavy (non-hydrogen) atoms.